The molecule has 7 nitrogen and oxygen atoms in total. The molecule has 0 spiro atoms. The molecular weight excluding hydrogens is 386 g/mol. The zero-order valence-corrected chi connectivity index (χ0v) is 16.8. The molecular formula is C21H23N5O2S. The molecule has 1 aliphatic heterocycles. The van der Waals surface area contributed by atoms with Crippen molar-refractivity contribution in [3.8, 4) is 0 Å². The zero-order valence-electron chi connectivity index (χ0n) is 16.0. The van der Waals surface area contributed by atoms with Crippen molar-refractivity contribution in [2.45, 2.75) is 38.1 Å². The van der Waals surface area contributed by atoms with Gasteiger partial charge in [0.2, 0.25) is 16.0 Å². The lowest BCUT2D eigenvalue weighted by molar-refractivity contribution is 0.585. The third-order valence-electron chi connectivity index (χ3n) is 5.43. The molecule has 1 aromatic carbocycles. The minimum Gasteiger partial charge on any atom is -0.328 e. The van der Waals surface area contributed by atoms with Crippen LogP contribution in [-0.4, -0.2) is 31.0 Å². The fourth-order valence-corrected chi connectivity index (χ4v) is 5.17. The van der Waals surface area contributed by atoms with Crippen LogP contribution in [0, 0.1) is 0 Å². The number of para-hydroxylation sites is 1. The van der Waals surface area contributed by atoms with E-state index in [1.54, 1.807) is 12.3 Å². The van der Waals surface area contributed by atoms with Gasteiger partial charge >= 0.3 is 0 Å². The first-order valence-corrected chi connectivity index (χ1v) is 11.4. The van der Waals surface area contributed by atoms with E-state index in [0.717, 1.165) is 37.3 Å². The minimum atomic E-state index is -3.36. The Morgan fingerprint density at radius 1 is 1.03 bits per heavy atom. The van der Waals surface area contributed by atoms with Gasteiger partial charge in [0.05, 0.1) is 4.91 Å². The third-order valence-corrected chi connectivity index (χ3v) is 7.11. The second-order valence-electron chi connectivity index (χ2n) is 7.61. The summed E-state index contributed by atoms with van der Waals surface area (Å²) in [5.74, 6) is 1.38. The first-order chi connectivity index (χ1) is 14.1. The van der Waals surface area contributed by atoms with E-state index in [1.165, 1.54) is 11.3 Å². The van der Waals surface area contributed by atoms with Crippen LogP contribution in [0.5, 0.6) is 0 Å². The van der Waals surface area contributed by atoms with Gasteiger partial charge in [0.1, 0.15) is 5.82 Å². The number of hydrogen-bond acceptors (Lipinski definition) is 6. The maximum atomic E-state index is 12.3. The van der Waals surface area contributed by atoms with Crippen LogP contribution in [0.3, 0.4) is 0 Å². The van der Waals surface area contributed by atoms with E-state index < -0.39 is 10.0 Å². The molecule has 1 fully saturated rings. The van der Waals surface area contributed by atoms with Crippen LogP contribution >= 0.6 is 0 Å². The second-order valence-corrected chi connectivity index (χ2v) is 9.38. The summed E-state index contributed by atoms with van der Waals surface area (Å²) in [6.07, 6.45) is 9.20. The van der Waals surface area contributed by atoms with E-state index in [0.29, 0.717) is 23.7 Å². The molecule has 8 heteroatoms. The van der Waals surface area contributed by atoms with Gasteiger partial charge in [-0.2, -0.15) is 4.98 Å². The van der Waals surface area contributed by atoms with Gasteiger partial charge in [0.15, 0.2) is 0 Å². The van der Waals surface area contributed by atoms with E-state index in [1.807, 2.05) is 18.2 Å². The number of benzene rings is 1. The largest absolute Gasteiger partial charge is 0.328 e. The topological polar surface area (TPSA) is 87.2 Å². The standard InChI is InChI=1S/C21H23N5O2S/c27-29(28,25-17-5-6-17)18-9-7-16(8-10-18)23-21-22-13-11-20(24-21)26-14-12-15-3-1-2-4-19(15)26/h1-4,7,9,11,13,17,25H,5-6,8,10,12,14H2,(H,22,23,24). The first-order valence-electron chi connectivity index (χ1n) is 9.96. The van der Waals surface area contributed by atoms with Gasteiger partial charge in [0, 0.05) is 30.2 Å². The quantitative estimate of drug-likeness (QED) is 0.762. The van der Waals surface area contributed by atoms with Gasteiger partial charge in [-0.3, -0.25) is 0 Å². The monoisotopic (exact) mass is 409 g/mol. The van der Waals surface area contributed by atoms with Crippen molar-refractivity contribution in [3.63, 3.8) is 0 Å². The molecule has 1 aromatic heterocycles. The third kappa shape index (κ3) is 3.90. The second kappa shape index (κ2) is 7.27. The van der Waals surface area contributed by atoms with Crippen LogP contribution in [0.2, 0.25) is 0 Å². The van der Waals surface area contributed by atoms with Gasteiger partial charge in [-0.15, -0.1) is 0 Å². The summed E-state index contributed by atoms with van der Waals surface area (Å²) in [4.78, 5) is 11.7. The van der Waals surface area contributed by atoms with Crippen molar-refractivity contribution in [1.29, 1.82) is 0 Å². The average molecular weight is 410 g/mol. The number of aromatic nitrogens is 2. The van der Waals surface area contributed by atoms with Crippen LogP contribution < -0.4 is 14.9 Å². The highest BCUT2D eigenvalue weighted by Crippen LogP contribution is 2.33. The molecule has 2 aromatic rings. The van der Waals surface area contributed by atoms with Crippen LogP contribution in [0.15, 0.2) is 59.3 Å². The normalized spacial score (nSPS) is 18.8. The fourth-order valence-electron chi connectivity index (χ4n) is 3.72. The average Bonchev–Trinajstić information content (AvgIpc) is 3.42. The molecule has 2 N–H and O–H groups in total. The maximum Gasteiger partial charge on any atom is 0.236 e. The van der Waals surface area contributed by atoms with Crippen molar-refractivity contribution < 1.29 is 8.42 Å². The smallest absolute Gasteiger partial charge is 0.236 e. The number of nitrogens with zero attached hydrogens (tertiary/aromatic N) is 3. The number of sulfonamides is 1. The van der Waals surface area contributed by atoms with Gasteiger partial charge in [0.25, 0.3) is 0 Å². The molecule has 0 saturated heterocycles. The Bertz CT molecular complexity index is 1110. The van der Waals surface area contributed by atoms with Crippen LogP contribution in [-0.2, 0) is 16.4 Å². The molecule has 0 radical (unpaired) electrons. The lowest BCUT2D eigenvalue weighted by Gasteiger charge is -2.20. The van der Waals surface area contributed by atoms with Crippen LogP contribution in [0.4, 0.5) is 17.5 Å². The van der Waals surface area contributed by atoms with Crippen LogP contribution in [0.25, 0.3) is 0 Å². The highest BCUT2D eigenvalue weighted by Gasteiger charge is 2.29. The highest BCUT2D eigenvalue weighted by atomic mass is 32.2. The first kappa shape index (κ1) is 18.3. The zero-order chi connectivity index (χ0) is 19.8. The maximum absolute atomic E-state index is 12.3. The Hall–Kier alpha value is -2.71. The summed E-state index contributed by atoms with van der Waals surface area (Å²) in [5, 5.41) is 3.25. The van der Waals surface area contributed by atoms with Gasteiger partial charge in [-0.25, -0.2) is 18.1 Å². The Labute approximate surface area is 170 Å². The van der Waals surface area contributed by atoms with E-state index in [4.69, 9.17) is 0 Å². The fraction of sp³-hybridized carbons (Fsp3) is 0.333. The summed E-state index contributed by atoms with van der Waals surface area (Å²) < 4.78 is 27.4. The van der Waals surface area contributed by atoms with Crippen molar-refractivity contribution in [1.82, 2.24) is 14.7 Å². The van der Waals surface area contributed by atoms with Crippen molar-refractivity contribution in [2.75, 3.05) is 16.8 Å². The van der Waals surface area contributed by atoms with Crippen molar-refractivity contribution >= 4 is 27.5 Å². The Kier molecular flexibility index (Phi) is 4.60. The van der Waals surface area contributed by atoms with Gasteiger partial charge in [-0.1, -0.05) is 18.2 Å². The molecule has 0 unspecified atom stereocenters. The Morgan fingerprint density at radius 2 is 1.90 bits per heavy atom. The summed E-state index contributed by atoms with van der Waals surface area (Å²) in [6.45, 7) is 0.899. The lowest BCUT2D eigenvalue weighted by atomic mass is 10.1. The molecule has 5 rings (SSSR count). The minimum absolute atomic E-state index is 0.122. The van der Waals surface area contributed by atoms with E-state index in [-0.39, 0.29) is 6.04 Å². The summed E-state index contributed by atoms with van der Waals surface area (Å²) >= 11 is 0. The Morgan fingerprint density at radius 3 is 2.69 bits per heavy atom. The SMILES string of the molecule is O=S(=O)(NC1CC1)C1=CC=C(Nc2nccc(N3CCc4ccccc43)n2)CC1. The molecule has 0 bridgehead atoms. The molecule has 150 valence electrons. The lowest BCUT2D eigenvalue weighted by Crippen LogP contribution is -2.27. The number of nitrogens with one attached hydrogen (secondary N) is 2. The number of rotatable bonds is 6. The predicted octanol–water partition coefficient (Wildman–Crippen LogP) is 3.23. The number of allylic oxidation sites excluding steroid dienone is 4. The molecule has 3 aliphatic rings. The van der Waals surface area contributed by atoms with Gasteiger partial charge in [-0.05, 0) is 62.0 Å². The van der Waals surface area contributed by atoms with Crippen molar-refractivity contribution in [3.05, 3.63) is 64.8 Å². The highest BCUT2D eigenvalue weighted by molar-refractivity contribution is 7.93. The molecule has 29 heavy (non-hydrogen) atoms. The van der Waals surface area contributed by atoms with E-state index in [2.05, 4.69) is 43.1 Å². The predicted molar refractivity (Wildman–Crippen MR) is 113 cm³/mol. The molecule has 2 aliphatic carbocycles. The Balaban J connectivity index is 1.31. The van der Waals surface area contributed by atoms with Gasteiger partial charge < -0.3 is 10.2 Å². The summed E-state index contributed by atoms with van der Waals surface area (Å²) in [6, 6.07) is 10.4. The van der Waals surface area contributed by atoms with E-state index in [9.17, 15) is 8.42 Å². The summed E-state index contributed by atoms with van der Waals surface area (Å²) in [5.41, 5.74) is 3.43. The number of anilines is 3. The molecule has 0 atom stereocenters. The van der Waals surface area contributed by atoms with E-state index >= 15 is 0 Å². The number of hydrogen-bond donors (Lipinski definition) is 2. The number of fused-ring (bicyclic) bond motifs is 1. The van der Waals surface area contributed by atoms with Crippen LogP contribution in [0.1, 0.15) is 31.2 Å². The van der Waals surface area contributed by atoms with Crippen molar-refractivity contribution in [2.24, 2.45) is 0 Å². The molecule has 1 saturated carbocycles. The summed E-state index contributed by atoms with van der Waals surface area (Å²) in [7, 11) is -3.36. The molecule has 2 heterocycles. The molecule has 0 amide bonds.